The fourth-order valence-corrected chi connectivity index (χ4v) is 9.16. The third-order valence-electron chi connectivity index (χ3n) is 7.90. The molecule has 5 aromatic carbocycles. The van der Waals surface area contributed by atoms with Crippen molar-refractivity contribution in [1.82, 2.24) is 4.31 Å². The minimum atomic E-state index is -3.94. The van der Waals surface area contributed by atoms with Gasteiger partial charge in [0.2, 0.25) is 0 Å². The molecule has 0 aliphatic rings. The average molecular weight is 686 g/mol. The smallest absolute Gasteiger partial charge is 0.266 e. The third-order valence-corrected chi connectivity index (χ3v) is 12.5. The van der Waals surface area contributed by atoms with Crippen LogP contribution in [0, 0.1) is 13.8 Å². The summed E-state index contributed by atoms with van der Waals surface area (Å²) in [6.45, 7) is 4.35. The van der Waals surface area contributed by atoms with Gasteiger partial charge < -0.3 is 0 Å². The van der Waals surface area contributed by atoms with Crippen molar-refractivity contribution in [2.45, 2.75) is 34.8 Å². The van der Waals surface area contributed by atoms with E-state index >= 15 is 0 Å². The molecule has 0 aliphatic heterocycles. The first kappa shape index (κ1) is 34.6. The number of nitrogens with zero attached hydrogens (tertiary/aromatic N) is 1. The Balaban J connectivity index is 1.47. The molecule has 0 bridgehead atoms. The molecule has 0 saturated carbocycles. The molecule has 0 radical (unpaired) electrons. The second-order valence-corrected chi connectivity index (χ2v) is 16.4. The van der Waals surface area contributed by atoms with Gasteiger partial charge in [-0.05, 0) is 61.2 Å². The van der Waals surface area contributed by atoms with Crippen molar-refractivity contribution in [1.29, 1.82) is 0 Å². The van der Waals surface area contributed by atoms with Crippen molar-refractivity contribution < 1.29 is 21.0 Å². The Bertz CT molecular complexity index is 1840. The van der Waals surface area contributed by atoms with Crippen LogP contribution < -0.4 is 0 Å². The molecule has 9 heteroatoms. The molecular weight excluding hydrogens is 647 g/mol. The van der Waals surface area contributed by atoms with Gasteiger partial charge in [-0.3, -0.25) is 4.18 Å². The van der Waals surface area contributed by atoms with Crippen LogP contribution in [0.2, 0.25) is 0 Å². The molecule has 0 atom stereocenters. The molecule has 244 valence electrons. The van der Waals surface area contributed by atoms with Crippen LogP contribution in [0.3, 0.4) is 0 Å². The Morgan fingerprint density at radius 1 is 0.574 bits per heavy atom. The van der Waals surface area contributed by atoms with Crippen molar-refractivity contribution in [2.24, 2.45) is 0 Å². The Morgan fingerprint density at radius 2 is 1.00 bits per heavy atom. The number of rotatable bonds is 15. The van der Waals surface area contributed by atoms with E-state index in [1.165, 1.54) is 12.1 Å². The van der Waals surface area contributed by atoms with Gasteiger partial charge >= 0.3 is 0 Å². The van der Waals surface area contributed by atoms with Gasteiger partial charge in [0.05, 0.1) is 22.2 Å². The largest absolute Gasteiger partial charge is 0.296 e. The molecular formula is C38H39NO5S3. The van der Waals surface area contributed by atoms with E-state index in [4.69, 9.17) is 4.18 Å². The van der Waals surface area contributed by atoms with Gasteiger partial charge in [0.1, 0.15) is 4.75 Å². The molecule has 0 fully saturated rings. The molecule has 5 rings (SSSR count). The topological polar surface area (TPSA) is 80.8 Å². The highest BCUT2D eigenvalue weighted by Gasteiger charge is 2.39. The Kier molecular flexibility index (Phi) is 11.4. The summed E-state index contributed by atoms with van der Waals surface area (Å²) in [6.07, 6.45) is 0.358. The number of hydrogen-bond acceptors (Lipinski definition) is 7. The zero-order valence-electron chi connectivity index (χ0n) is 26.5. The summed E-state index contributed by atoms with van der Waals surface area (Å²) < 4.78 is 59.6. The lowest BCUT2D eigenvalue weighted by molar-refractivity contribution is 0.297. The van der Waals surface area contributed by atoms with Crippen LogP contribution in [0.5, 0.6) is 0 Å². The van der Waals surface area contributed by atoms with Gasteiger partial charge in [0.25, 0.3) is 10.1 Å². The number of hydrogen-bond donors (Lipinski definition) is 0. The lowest BCUT2D eigenvalue weighted by Gasteiger charge is -2.39. The molecule has 0 amide bonds. The quantitative estimate of drug-likeness (QED) is 0.0481. The van der Waals surface area contributed by atoms with Gasteiger partial charge in [0.15, 0.2) is 9.84 Å². The highest BCUT2D eigenvalue weighted by atomic mass is 32.2. The number of aryl methyl sites for hydroxylation is 2. The van der Waals surface area contributed by atoms with Crippen LogP contribution in [0.25, 0.3) is 0 Å². The highest BCUT2D eigenvalue weighted by Crippen LogP contribution is 2.49. The first-order chi connectivity index (χ1) is 22.6. The summed E-state index contributed by atoms with van der Waals surface area (Å²) in [6, 6.07) is 44.0. The molecule has 0 saturated heterocycles. The number of sulfone groups is 1. The van der Waals surface area contributed by atoms with Gasteiger partial charge in [-0.1, -0.05) is 138 Å². The van der Waals surface area contributed by atoms with Gasteiger partial charge in [0, 0.05) is 13.1 Å². The summed E-state index contributed by atoms with van der Waals surface area (Å²) in [7, 11) is -7.53. The molecule has 0 N–H and O–H groups in total. The molecule has 0 aromatic heterocycles. The maximum atomic E-state index is 13.5. The van der Waals surface area contributed by atoms with E-state index in [0.717, 1.165) is 27.8 Å². The van der Waals surface area contributed by atoms with Crippen LogP contribution in [0.1, 0.15) is 34.2 Å². The monoisotopic (exact) mass is 685 g/mol. The first-order valence-electron chi connectivity index (χ1n) is 15.5. The minimum absolute atomic E-state index is 0.0486. The maximum absolute atomic E-state index is 13.5. The maximum Gasteiger partial charge on any atom is 0.296 e. The first-order valence-corrected chi connectivity index (χ1v) is 19.3. The number of benzene rings is 5. The molecule has 6 nitrogen and oxygen atoms in total. The van der Waals surface area contributed by atoms with E-state index in [0.29, 0.717) is 13.0 Å². The Morgan fingerprint density at radius 3 is 1.45 bits per heavy atom. The zero-order chi connectivity index (χ0) is 33.3. The van der Waals surface area contributed by atoms with E-state index in [9.17, 15) is 16.8 Å². The standard InChI is InChI=1S/C38H39NO5S3/c1-31-19-23-36(24-20-31)46(40,41)30-28-39(27-12-29-44-47(42,43)37-25-21-32(2)22-26-37)45-38(33-13-6-3-7-14-33,34-15-8-4-9-16-34)35-17-10-5-11-18-35/h3-11,13-26H,12,27-30H2,1-2H3. The van der Waals surface area contributed by atoms with Crippen LogP contribution in [-0.4, -0.2) is 46.6 Å². The molecule has 0 heterocycles. The summed E-state index contributed by atoms with van der Waals surface area (Å²) in [5.41, 5.74) is 5.04. The van der Waals surface area contributed by atoms with Crippen molar-refractivity contribution >= 4 is 31.9 Å². The molecule has 0 unspecified atom stereocenters. The lowest BCUT2D eigenvalue weighted by Crippen LogP contribution is -2.34. The second kappa shape index (κ2) is 15.4. The Hall–Kier alpha value is -3.73. The molecule has 5 aromatic rings. The van der Waals surface area contributed by atoms with E-state index < -0.39 is 24.7 Å². The lowest BCUT2D eigenvalue weighted by atomic mass is 9.84. The normalized spacial score (nSPS) is 12.3. The zero-order valence-corrected chi connectivity index (χ0v) is 29.0. The average Bonchev–Trinajstić information content (AvgIpc) is 3.09. The van der Waals surface area contributed by atoms with Gasteiger partial charge in [-0.15, -0.1) is 0 Å². The summed E-state index contributed by atoms with van der Waals surface area (Å²) >= 11 is 1.55. The van der Waals surface area contributed by atoms with Crippen LogP contribution in [0.15, 0.2) is 149 Å². The van der Waals surface area contributed by atoms with Gasteiger partial charge in [-0.2, -0.15) is 8.42 Å². The SMILES string of the molecule is Cc1ccc(S(=O)(=O)CCN(CCCOS(=O)(=O)c2ccc(C)cc2)SC(c2ccccc2)(c2ccccc2)c2ccccc2)cc1. The van der Waals surface area contributed by atoms with Crippen molar-refractivity contribution in [2.75, 3.05) is 25.4 Å². The fourth-order valence-electron chi connectivity index (χ4n) is 5.34. The summed E-state index contributed by atoms with van der Waals surface area (Å²) in [4.78, 5) is 0.385. The van der Waals surface area contributed by atoms with Crippen LogP contribution >= 0.6 is 11.9 Å². The van der Waals surface area contributed by atoms with E-state index in [2.05, 4.69) is 36.4 Å². The summed E-state index contributed by atoms with van der Waals surface area (Å²) in [5.74, 6) is -0.111. The van der Waals surface area contributed by atoms with Crippen molar-refractivity contribution in [3.8, 4) is 0 Å². The van der Waals surface area contributed by atoms with E-state index in [-0.39, 0.29) is 28.7 Å². The second-order valence-electron chi connectivity index (χ2n) is 11.4. The highest BCUT2D eigenvalue weighted by molar-refractivity contribution is 7.98. The summed E-state index contributed by atoms with van der Waals surface area (Å²) in [5, 5.41) is 0. The van der Waals surface area contributed by atoms with E-state index in [1.807, 2.05) is 72.7 Å². The molecule has 0 aliphatic carbocycles. The minimum Gasteiger partial charge on any atom is -0.266 e. The Labute approximate surface area is 283 Å². The van der Waals surface area contributed by atoms with Crippen LogP contribution in [-0.2, 0) is 28.9 Å². The predicted octanol–water partition coefficient (Wildman–Crippen LogP) is 7.82. The van der Waals surface area contributed by atoms with Crippen molar-refractivity contribution in [3.63, 3.8) is 0 Å². The predicted molar refractivity (Wildman–Crippen MR) is 191 cm³/mol. The molecule has 47 heavy (non-hydrogen) atoms. The third kappa shape index (κ3) is 8.60. The van der Waals surface area contributed by atoms with Crippen molar-refractivity contribution in [3.05, 3.63) is 167 Å². The van der Waals surface area contributed by atoms with E-state index in [1.54, 1.807) is 48.3 Å². The van der Waals surface area contributed by atoms with Crippen LogP contribution in [0.4, 0.5) is 0 Å². The molecule has 0 spiro atoms. The fraction of sp³-hybridized carbons (Fsp3) is 0.211. The van der Waals surface area contributed by atoms with Gasteiger partial charge in [-0.25, -0.2) is 12.7 Å².